The van der Waals surface area contributed by atoms with E-state index < -0.39 is 0 Å². The summed E-state index contributed by atoms with van der Waals surface area (Å²) in [5.74, 6) is 0. The first kappa shape index (κ1) is 19.2. The van der Waals surface area contributed by atoms with Crippen LogP contribution in [0.1, 0.15) is 0 Å². The number of rotatable bonds is 5. The fourth-order valence-corrected chi connectivity index (χ4v) is 4.50. The molecule has 0 spiro atoms. The topological polar surface area (TPSA) is 14.8 Å². The van der Waals surface area contributed by atoms with Crippen molar-refractivity contribution in [3.8, 4) is 39.8 Å². The summed E-state index contributed by atoms with van der Waals surface area (Å²) in [6, 6.07) is 44.6. The molecule has 158 valence electrons. The molecule has 0 aliphatic heterocycles. The Morgan fingerprint density at radius 2 is 0.697 bits per heavy atom. The molecule has 0 fully saturated rings. The van der Waals surface area contributed by atoms with Gasteiger partial charge in [0, 0.05) is 29.5 Å². The molecule has 3 nitrogen and oxygen atoms in total. The van der Waals surface area contributed by atoms with E-state index in [2.05, 4.69) is 153 Å². The molecule has 33 heavy (non-hydrogen) atoms. The highest BCUT2D eigenvalue weighted by Crippen LogP contribution is 2.34. The van der Waals surface area contributed by atoms with Gasteiger partial charge in [0.05, 0.1) is 22.8 Å². The van der Waals surface area contributed by atoms with E-state index in [1.54, 1.807) is 0 Å². The molecule has 3 aromatic carbocycles. The van der Waals surface area contributed by atoms with Crippen LogP contribution in [-0.4, -0.2) is 13.7 Å². The monoisotopic (exact) mass is 425 g/mol. The maximum atomic E-state index is 2.35. The Balaban J connectivity index is 1.58. The maximum absolute atomic E-state index is 2.35. The molecule has 0 unspecified atom stereocenters. The molecule has 6 rings (SSSR count). The van der Waals surface area contributed by atoms with Crippen LogP contribution >= 0.6 is 0 Å². The van der Waals surface area contributed by atoms with Gasteiger partial charge in [0.1, 0.15) is 0 Å². The molecule has 3 heteroatoms. The van der Waals surface area contributed by atoms with Gasteiger partial charge >= 0.3 is 0 Å². The molecule has 0 bridgehead atoms. The summed E-state index contributed by atoms with van der Waals surface area (Å²) < 4.78 is 6.84. The predicted molar refractivity (Wildman–Crippen MR) is 135 cm³/mol. The molecule has 6 aromatic rings. The average molecular weight is 426 g/mol. The highest BCUT2D eigenvalue weighted by molar-refractivity contribution is 5.72. The Labute approximate surface area is 193 Å². The summed E-state index contributed by atoms with van der Waals surface area (Å²) in [6.45, 7) is 0. The van der Waals surface area contributed by atoms with Crippen LogP contribution in [0.25, 0.3) is 39.8 Å². The number of para-hydroxylation sites is 3. The molecule has 0 amide bonds. The molecule has 0 saturated heterocycles. The Bertz CT molecular complexity index is 1390. The fraction of sp³-hybridized carbons (Fsp3) is 0. The summed E-state index contributed by atoms with van der Waals surface area (Å²) in [7, 11) is 0. The van der Waals surface area contributed by atoms with Gasteiger partial charge in [-0.25, -0.2) is 0 Å². The van der Waals surface area contributed by atoms with Gasteiger partial charge in [-0.05, 0) is 72.8 Å². The van der Waals surface area contributed by atoms with Gasteiger partial charge in [-0.3, -0.25) is 0 Å². The van der Waals surface area contributed by atoms with Crippen LogP contribution in [0.5, 0.6) is 0 Å². The summed E-state index contributed by atoms with van der Waals surface area (Å²) >= 11 is 0. The van der Waals surface area contributed by atoms with Crippen molar-refractivity contribution < 1.29 is 0 Å². The molecule has 0 aliphatic rings. The third-order valence-corrected chi connectivity index (χ3v) is 5.99. The SMILES string of the molecule is c1ccc(-n2cccc2-c2ccc(-c3cccn3-c3ccccc3)n2-c2ccccc2)cc1. The van der Waals surface area contributed by atoms with Crippen LogP contribution < -0.4 is 0 Å². The van der Waals surface area contributed by atoms with Gasteiger partial charge in [0.25, 0.3) is 0 Å². The second-order valence-electron chi connectivity index (χ2n) is 7.97. The largest absolute Gasteiger partial charge is 0.315 e. The molecule has 0 atom stereocenters. The zero-order chi connectivity index (χ0) is 22.0. The summed E-state index contributed by atoms with van der Waals surface area (Å²) in [4.78, 5) is 0. The van der Waals surface area contributed by atoms with Crippen LogP contribution in [0.2, 0.25) is 0 Å². The Kier molecular flexibility index (Phi) is 4.78. The highest BCUT2D eigenvalue weighted by Gasteiger charge is 2.18. The van der Waals surface area contributed by atoms with Crippen LogP contribution in [-0.2, 0) is 0 Å². The Hall–Kier alpha value is -4.50. The van der Waals surface area contributed by atoms with Gasteiger partial charge in [0.2, 0.25) is 0 Å². The summed E-state index contributed by atoms with van der Waals surface area (Å²) in [6.07, 6.45) is 4.25. The van der Waals surface area contributed by atoms with Crippen molar-refractivity contribution in [1.82, 2.24) is 13.7 Å². The van der Waals surface area contributed by atoms with Crippen molar-refractivity contribution in [1.29, 1.82) is 0 Å². The second kappa shape index (κ2) is 8.21. The molecular formula is C30H23N3. The second-order valence-corrected chi connectivity index (χ2v) is 7.97. The lowest BCUT2D eigenvalue weighted by Gasteiger charge is -2.17. The van der Waals surface area contributed by atoms with E-state index in [-0.39, 0.29) is 0 Å². The van der Waals surface area contributed by atoms with Gasteiger partial charge in [-0.2, -0.15) is 0 Å². The predicted octanol–water partition coefficient (Wildman–Crippen LogP) is 7.39. The van der Waals surface area contributed by atoms with Crippen molar-refractivity contribution in [2.45, 2.75) is 0 Å². The molecular weight excluding hydrogens is 402 g/mol. The van der Waals surface area contributed by atoms with Crippen molar-refractivity contribution in [3.63, 3.8) is 0 Å². The van der Waals surface area contributed by atoms with E-state index in [1.165, 1.54) is 0 Å². The average Bonchev–Trinajstić information content (AvgIpc) is 3.64. The minimum absolute atomic E-state index is 1.13. The minimum Gasteiger partial charge on any atom is -0.315 e. The minimum atomic E-state index is 1.13. The van der Waals surface area contributed by atoms with Crippen molar-refractivity contribution in [3.05, 3.63) is 140 Å². The lowest BCUT2D eigenvalue weighted by molar-refractivity contribution is 1.01. The highest BCUT2D eigenvalue weighted by atomic mass is 15.1. The number of nitrogens with zero attached hydrogens (tertiary/aromatic N) is 3. The van der Waals surface area contributed by atoms with Crippen molar-refractivity contribution in [2.75, 3.05) is 0 Å². The van der Waals surface area contributed by atoms with Crippen LogP contribution in [0.4, 0.5) is 0 Å². The quantitative estimate of drug-likeness (QED) is 0.273. The van der Waals surface area contributed by atoms with E-state index in [4.69, 9.17) is 0 Å². The maximum Gasteiger partial charge on any atom is 0.0703 e. The van der Waals surface area contributed by atoms with E-state index in [0.29, 0.717) is 0 Å². The van der Waals surface area contributed by atoms with Gasteiger partial charge in [-0.1, -0.05) is 54.6 Å². The normalized spacial score (nSPS) is 11.0. The number of aromatic nitrogens is 3. The molecule has 0 radical (unpaired) electrons. The molecule has 0 saturated carbocycles. The first-order valence-corrected chi connectivity index (χ1v) is 11.1. The van der Waals surface area contributed by atoms with Crippen LogP contribution in [0, 0.1) is 0 Å². The van der Waals surface area contributed by atoms with E-state index in [0.717, 1.165) is 39.8 Å². The standard InChI is InChI=1S/C30H23N3/c1-4-12-24(13-5-1)31-22-10-18-27(31)29-20-21-30(33(29)26-16-8-3-9-17-26)28-19-11-23-32(28)25-14-6-2-7-15-25/h1-23H. The lowest BCUT2D eigenvalue weighted by atomic mass is 10.2. The van der Waals surface area contributed by atoms with Crippen LogP contribution in [0.15, 0.2) is 140 Å². The zero-order valence-electron chi connectivity index (χ0n) is 18.1. The number of hydrogen-bond acceptors (Lipinski definition) is 0. The molecule has 3 heterocycles. The third-order valence-electron chi connectivity index (χ3n) is 5.99. The van der Waals surface area contributed by atoms with Crippen LogP contribution in [0.3, 0.4) is 0 Å². The molecule has 0 aliphatic carbocycles. The van der Waals surface area contributed by atoms with Gasteiger partial charge < -0.3 is 13.7 Å². The van der Waals surface area contributed by atoms with Crippen molar-refractivity contribution in [2.24, 2.45) is 0 Å². The zero-order valence-corrected chi connectivity index (χ0v) is 18.1. The van der Waals surface area contributed by atoms with Gasteiger partial charge in [0.15, 0.2) is 0 Å². The smallest absolute Gasteiger partial charge is 0.0703 e. The van der Waals surface area contributed by atoms with E-state index in [9.17, 15) is 0 Å². The Morgan fingerprint density at radius 3 is 1.12 bits per heavy atom. The van der Waals surface area contributed by atoms with E-state index in [1.807, 2.05) is 0 Å². The number of hydrogen-bond donors (Lipinski definition) is 0. The first-order chi connectivity index (χ1) is 16.4. The third kappa shape index (κ3) is 3.40. The lowest BCUT2D eigenvalue weighted by Crippen LogP contribution is -2.04. The Morgan fingerprint density at radius 1 is 0.303 bits per heavy atom. The number of benzene rings is 3. The molecule has 3 aromatic heterocycles. The summed E-state index contributed by atoms with van der Waals surface area (Å²) in [5, 5.41) is 0. The fourth-order valence-electron chi connectivity index (χ4n) is 4.50. The van der Waals surface area contributed by atoms with Gasteiger partial charge in [-0.15, -0.1) is 0 Å². The summed E-state index contributed by atoms with van der Waals surface area (Å²) in [5.41, 5.74) is 8.01. The first-order valence-electron chi connectivity index (χ1n) is 11.1. The van der Waals surface area contributed by atoms with E-state index >= 15 is 0 Å². The van der Waals surface area contributed by atoms with Crippen molar-refractivity contribution >= 4 is 0 Å². The molecule has 0 N–H and O–H groups in total.